The van der Waals surface area contributed by atoms with Crippen LogP contribution >= 0.6 is 22.6 Å². The highest BCUT2D eigenvalue weighted by Crippen LogP contribution is 2.35. The number of rotatable bonds is 7. The van der Waals surface area contributed by atoms with Gasteiger partial charge in [0.1, 0.15) is 18.1 Å². The molecule has 3 aromatic carbocycles. The number of imide groups is 1. The molecule has 0 bridgehead atoms. The second-order valence-corrected chi connectivity index (χ2v) is 8.48. The van der Waals surface area contributed by atoms with Crippen molar-refractivity contribution in [3.63, 3.8) is 0 Å². The monoisotopic (exact) mass is 558 g/mol. The van der Waals surface area contributed by atoms with Crippen molar-refractivity contribution < 1.29 is 23.5 Å². The quantitative estimate of drug-likeness (QED) is 0.249. The molecule has 0 aromatic heterocycles. The molecule has 0 unspecified atom stereocenters. The van der Waals surface area contributed by atoms with Gasteiger partial charge >= 0.3 is 6.03 Å². The van der Waals surface area contributed by atoms with Crippen LogP contribution in [0, 0.1) is 9.39 Å². The van der Waals surface area contributed by atoms with Crippen molar-refractivity contribution >= 4 is 40.6 Å². The number of hydrogen-bond donors (Lipinski definition) is 1. The Morgan fingerprint density at radius 2 is 1.79 bits per heavy atom. The summed E-state index contributed by atoms with van der Waals surface area (Å²) in [7, 11) is 1.52. The van der Waals surface area contributed by atoms with Crippen LogP contribution in [0.25, 0.3) is 6.08 Å². The first-order valence-corrected chi connectivity index (χ1v) is 11.2. The largest absolute Gasteiger partial charge is 0.493 e. The smallest absolute Gasteiger partial charge is 0.329 e. The van der Waals surface area contributed by atoms with E-state index in [0.717, 1.165) is 9.13 Å². The molecule has 0 saturated carbocycles. The van der Waals surface area contributed by atoms with Gasteiger partial charge < -0.3 is 14.8 Å². The van der Waals surface area contributed by atoms with Crippen LogP contribution in [0.1, 0.15) is 16.7 Å². The molecular formula is C25H20FIN2O4. The number of nitrogens with one attached hydrogen (secondary N) is 1. The highest BCUT2D eigenvalue weighted by atomic mass is 127. The number of nitrogens with zero attached hydrogens (tertiary/aromatic N) is 1. The van der Waals surface area contributed by atoms with Gasteiger partial charge in [-0.05, 0) is 69.6 Å². The summed E-state index contributed by atoms with van der Waals surface area (Å²) in [5.74, 6) is 0.244. The number of methoxy groups -OCH3 is 1. The van der Waals surface area contributed by atoms with E-state index in [1.807, 2.05) is 36.4 Å². The van der Waals surface area contributed by atoms with Crippen molar-refractivity contribution in [2.24, 2.45) is 0 Å². The van der Waals surface area contributed by atoms with Crippen molar-refractivity contribution in [1.29, 1.82) is 0 Å². The summed E-state index contributed by atoms with van der Waals surface area (Å²) < 4.78 is 25.5. The van der Waals surface area contributed by atoms with Crippen LogP contribution in [0.15, 0.2) is 72.4 Å². The van der Waals surface area contributed by atoms with Gasteiger partial charge in [-0.15, -0.1) is 0 Å². The average molecular weight is 558 g/mol. The molecule has 33 heavy (non-hydrogen) atoms. The van der Waals surface area contributed by atoms with Crippen molar-refractivity contribution in [1.82, 2.24) is 10.2 Å². The summed E-state index contributed by atoms with van der Waals surface area (Å²) in [5, 5.41) is 2.63. The van der Waals surface area contributed by atoms with E-state index in [9.17, 15) is 14.0 Å². The van der Waals surface area contributed by atoms with Gasteiger partial charge in [0.15, 0.2) is 11.5 Å². The van der Waals surface area contributed by atoms with Gasteiger partial charge in [0.2, 0.25) is 0 Å². The molecule has 6 nitrogen and oxygen atoms in total. The number of amides is 3. The number of ether oxygens (including phenoxy) is 2. The van der Waals surface area contributed by atoms with Gasteiger partial charge in [0.05, 0.1) is 17.2 Å². The minimum absolute atomic E-state index is 0.174. The molecule has 1 heterocycles. The topological polar surface area (TPSA) is 67.9 Å². The predicted molar refractivity (Wildman–Crippen MR) is 130 cm³/mol. The lowest BCUT2D eigenvalue weighted by Gasteiger charge is -2.14. The SMILES string of the molecule is COc1cc(/C=C2/NC(=O)N(Cc3ccccc3)C2=O)cc(I)c1OCc1cccc(F)c1. The molecule has 3 amide bonds. The maximum atomic E-state index is 13.4. The highest BCUT2D eigenvalue weighted by Gasteiger charge is 2.33. The molecule has 1 N–H and O–H groups in total. The molecule has 4 rings (SSSR count). The van der Waals surface area contributed by atoms with Crippen LogP contribution in [-0.4, -0.2) is 23.9 Å². The molecule has 3 aromatic rings. The lowest BCUT2D eigenvalue weighted by molar-refractivity contribution is -0.123. The first kappa shape index (κ1) is 22.8. The van der Waals surface area contributed by atoms with Crippen LogP contribution in [-0.2, 0) is 17.9 Å². The van der Waals surface area contributed by atoms with Crippen LogP contribution in [0.3, 0.4) is 0 Å². The van der Waals surface area contributed by atoms with E-state index in [1.165, 1.54) is 24.1 Å². The zero-order chi connectivity index (χ0) is 23.4. The van der Waals surface area contributed by atoms with Crippen LogP contribution in [0.4, 0.5) is 9.18 Å². The normalized spacial score (nSPS) is 14.5. The third-order valence-corrected chi connectivity index (χ3v) is 5.78. The Morgan fingerprint density at radius 1 is 1.03 bits per heavy atom. The van der Waals surface area contributed by atoms with Gasteiger partial charge in [-0.25, -0.2) is 9.18 Å². The molecule has 0 radical (unpaired) electrons. The molecule has 1 saturated heterocycles. The van der Waals surface area contributed by atoms with E-state index in [2.05, 4.69) is 27.9 Å². The number of urea groups is 1. The van der Waals surface area contributed by atoms with Gasteiger partial charge in [-0.3, -0.25) is 9.69 Å². The fourth-order valence-electron chi connectivity index (χ4n) is 3.39. The first-order chi connectivity index (χ1) is 15.9. The van der Waals surface area contributed by atoms with E-state index in [0.29, 0.717) is 22.6 Å². The number of carbonyl (C=O) groups is 2. The Bertz CT molecular complexity index is 1230. The summed E-state index contributed by atoms with van der Waals surface area (Å²) in [4.78, 5) is 26.3. The van der Waals surface area contributed by atoms with E-state index >= 15 is 0 Å². The second-order valence-electron chi connectivity index (χ2n) is 7.32. The summed E-state index contributed by atoms with van der Waals surface area (Å²) in [6.45, 7) is 0.365. The van der Waals surface area contributed by atoms with E-state index in [-0.39, 0.29) is 24.7 Å². The lowest BCUT2D eigenvalue weighted by atomic mass is 10.1. The van der Waals surface area contributed by atoms with Gasteiger partial charge in [-0.1, -0.05) is 42.5 Å². The Balaban J connectivity index is 1.53. The summed E-state index contributed by atoms with van der Waals surface area (Å²) in [5.41, 5.74) is 2.40. The standard InChI is InChI=1S/C25H20FIN2O4/c1-32-22-13-18(11-20(27)23(22)33-15-17-8-5-9-19(26)10-17)12-21-24(30)29(25(31)28-21)14-16-6-3-2-4-7-16/h2-13H,14-15H2,1H3,(H,28,31)/b21-12+. The third-order valence-electron chi connectivity index (χ3n) is 4.98. The minimum Gasteiger partial charge on any atom is -0.493 e. The van der Waals surface area contributed by atoms with Gasteiger partial charge in [0.25, 0.3) is 5.91 Å². The number of halogens is 2. The molecule has 0 spiro atoms. The molecular weight excluding hydrogens is 538 g/mol. The summed E-state index contributed by atoms with van der Waals surface area (Å²) >= 11 is 2.11. The third kappa shape index (κ3) is 5.33. The Kier molecular flexibility index (Phi) is 6.93. The van der Waals surface area contributed by atoms with Crippen LogP contribution < -0.4 is 14.8 Å². The van der Waals surface area contributed by atoms with Crippen LogP contribution in [0.2, 0.25) is 0 Å². The van der Waals surface area contributed by atoms with E-state index in [4.69, 9.17) is 9.47 Å². The van der Waals surface area contributed by atoms with Crippen molar-refractivity contribution in [2.45, 2.75) is 13.2 Å². The zero-order valence-electron chi connectivity index (χ0n) is 17.7. The minimum atomic E-state index is -0.466. The number of hydrogen-bond acceptors (Lipinski definition) is 4. The van der Waals surface area contributed by atoms with Gasteiger partial charge in [-0.2, -0.15) is 0 Å². The van der Waals surface area contributed by atoms with Crippen molar-refractivity contribution in [3.05, 3.63) is 98.5 Å². The number of benzene rings is 3. The second kappa shape index (κ2) is 10.0. The number of carbonyl (C=O) groups excluding carboxylic acids is 2. The Hall–Kier alpha value is -3.40. The molecule has 1 fully saturated rings. The van der Waals surface area contributed by atoms with E-state index in [1.54, 1.807) is 24.3 Å². The fourth-order valence-corrected chi connectivity index (χ4v) is 4.17. The van der Waals surface area contributed by atoms with Crippen molar-refractivity contribution in [3.8, 4) is 11.5 Å². The lowest BCUT2D eigenvalue weighted by Crippen LogP contribution is -2.30. The summed E-state index contributed by atoms with van der Waals surface area (Å²) in [6, 6.07) is 18.6. The zero-order valence-corrected chi connectivity index (χ0v) is 19.8. The average Bonchev–Trinajstić information content (AvgIpc) is 3.06. The Labute approximate surface area is 204 Å². The molecule has 0 aliphatic carbocycles. The molecule has 0 atom stereocenters. The fraction of sp³-hybridized carbons (Fsp3) is 0.120. The van der Waals surface area contributed by atoms with Crippen molar-refractivity contribution in [2.75, 3.05) is 7.11 Å². The molecule has 1 aliphatic heterocycles. The molecule has 168 valence electrons. The van der Waals surface area contributed by atoms with Crippen LogP contribution in [0.5, 0.6) is 11.5 Å². The Morgan fingerprint density at radius 3 is 2.52 bits per heavy atom. The maximum absolute atomic E-state index is 13.4. The molecule has 1 aliphatic rings. The van der Waals surface area contributed by atoms with E-state index < -0.39 is 11.9 Å². The maximum Gasteiger partial charge on any atom is 0.329 e. The summed E-state index contributed by atoms with van der Waals surface area (Å²) in [6.07, 6.45) is 1.60. The highest BCUT2D eigenvalue weighted by molar-refractivity contribution is 14.1. The predicted octanol–water partition coefficient (Wildman–Crippen LogP) is 5.11. The first-order valence-electron chi connectivity index (χ1n) is 10.1. The molecule has 8 heteroatoms. The van der Waals surface area contributed by atoms with Gasteiger partial charge in [0, 0.05) is 0 Å².